The van der Waals surface area contributed by atoms with Gasteiger partial charge in [0.25, 0.3) is 0 Å². The van der Waals surface area contributed by atoms with Crippen LogP contribution in [0.15, 0.2) is 24.3 Å². The molecule has 4 atom stereocenters. The number of hydrogen-bond donors (Lipinski definition) is 8. The van der Waals surface area contributed by atoms with E-state index in [2.05, 4.69) is 0 Å². The van der Waals surface area contributed by atoms with Crippen molar-refractivity contribution < 1.29 is 20.4 Å². The quantitative estimate of drug-likeness (QED) is 0.131. The van der Waals surface area contributed by atoms with Gasteiger partial charge in [-0.25, -0.2) is 0 Å². The fourth-order valence-corrected chi connectivity index (χ4v) is 3.16. The third-order valence-electron chi connectivity index (χ3n) is 4.80. The molecule has 0 bridgehead atoms. The van der Waals surface area contributed by atoms with E-state index in [1.165, 1.54) is 0 Å². The summed E-state index contributed by atoms with van der Waals surface area (Å²) >= 11 is 0. The van der Waals surface area contributed by atoms with Crippen LogP contribution in [0.1, 0.15) is 11.1 Å². The second kappa shape index (κ2) is 14.8. The standard InChI is InChI=1S/C20H40N6O4/c21-5-17(27)11-25(12-18(28)6-22)9-15-1-2-16(4-3-15)10-26(13-19(29)7-23)14-20(30)8-24/h1-4,17-20,27-30H,5-14,21-24H2. The van der Waals surface area contributed by atoms with Gasteiger partial charge in [-0.15, -0.1) is 0 Å². The minimum atomic E-state index is -0.675. The summed E-state index contributed by atoms with van der Waals surface area (Å²) in [5, 5.41) is 39.5. The highest BCUT2D eigenvalue weighted by Gasteiger charge is 2.17. The Hall–Kier alpha value is -1.18. The van der Waals surface area contributed by atoms with Crippen molar-refractivity contribution in [2.24, 2.45) is 22.9 Å². The van der Waals surface area contributed by atoms with Gasteiger partial charge in [-0.2, -0.15) is 0 Å². The first-order chi connectivity index (χ1) is 14.3. The van der Waals surface area contributed by atoms with Crippen LogP contribution < -0.4 is 22.9 Å². The first-order valence-electron chi connectivity index (χ1n) is 10.4. The van der Waals surface area contributed by atoms with Crippen molar-refractivity contribution in [3.05, 3.63) is 35.4 Å². The minimum absolute atomic E-state index is 0.146. The molecule has 0 aliphatic heterocycles. The molecule has 30 heavy (non-hydrogen) atoms. The average Bonchev–Trinajstić information content (AvgIpc) is 2.74. The van der Waals surface area contributed by atoms with E-state index in [4.69, 9.17) is 22.9 Å². The van der Waals surface area contributed by atoms with Crippen molar-refractivity contribution in [2.45, 2.75) is 37.5 Å². The van der Waals surface area contributed by atoms with E-state index in [0.717, 1.165) is 11.1 Å². The lowest BCUT2D eigenvalue weighted by Gasteiger charge is -2.27. The Morgan fingerprint density at radius 2 is 0.767 bits per heavy atom. The number of rotatable bonds is 16. The molecule has 10 heteroatoms. The van der Waals surface area contributed by atoms with Crippen LogP contribution in [0.25, 0.3) is 0 Å². The Balaban J connectivity index is 2.77. The molecule has 0 fully saturated rings. The zero-order valence-corrected chi connectivity index (χ0v) is 17.7. The molecule has 1 aromatic rings. The number of aliphatic hydroxyl groups is 4. The molecule has 0 saturated heterocycles. The Morgan fingerprint density at radius 3 is 0.967 bits per heavy atom. The summed E-state index contributed by atoms with van der Waals surface area (Å²) in [6, 6.07) is 7.90. The van der Waals surface area contributed by atoms with Crippen LogP contribution in [-0.4, -0.2) is 107 Å². The summed E-state index contributed by atoms with van der Waals surface area (Å²) < 4.78 is 0. The summed E-state index contributed by atoms with van der Waals surface area (Å²) in [4.78, 5) is 3.84. The van der Waals surface area contributed by atoms with E-state index in [1.54, 1.807) is 0 Å². The van der Waals surface area contributed by atoms with Crippen molar-refractivity contribution >= 4 is 0 Å². The molecule has 12 N–H and O–H groups in total. The van der Waals surface area contributed by atoms with E-state index < -0.39 is 24.4 Å². The SMILES string of the molecule is NCC(O)CN(Cc1ccc(CN(CC(O)CN)CC(O)CN)cc1)CC(O)CN. The molecule has 10 nitrogen and oxygen atoms in total. The van der Waals surface area contributed by atoms with Gasteiger partial charge < -0.3 is 43.4 Å². The van der Waals surface area contributed by atoms with Gasteiger partial charge in [0.15, 0.2) is 0 Å². The van der Waals surface area contributed by atoms with Crippen LogP contribution in [0, 0.1) is 0 Å². The van der Waals surface area contributed by atoms with Crippen molar-refractivity contribution in [1.29, 1.82) is 0 Å². The van der Waals surface area contributed by atoms with Gasteiger partial charge in [0.05, 0.1) is 24.4 Å². The molecule has 0 heterocycles. The van der Waals surface area contributed by atoms with Gasteiger partial charge in [0.1, 0.15) is 0 Å². The topological polar surface area (TPSA) is 191 Å². The highest BCUT2D eigenvalue weighted by molar-refractivity contribution is 5.22. The summed E-state index contributed by atoms with van der Waals surface area (Å²) in [5.41, 5.74) is 24.1. The molecule has 0 aliphatic rings. The Labute approximate surface area is 179 Å². The van der Waals surface area contributed by atoms with E-state index in [0.29, 0.717) is 39.3 Å². The van der Waals surface area contributed by atoms with Gasteiger partial charge in [0.2, 0.25) is 0 Å². The maximum Gasteiger partial charge on any atom is 0.0789 e. The molecular formula is C20H40N6O4. The number of aliphatic hydroxyl groups excluding tert-OH is 4. The van der Waals surface area contributed by atoms with Crippen LogP contribution in [-0.2, 0) is 13.1 Å². The monoisotopic (exact) mass is 428 g/mol. The average molecular weight is 429 g/mol. The number of benzene rings is 1. The zero-order chi connectivity index (χ0) is 22.5. The van der Waals surface area contributed by atoms with E-state index in [9.17, 15) is 20.4 Å². The fourth-order valence-electron chi connectivity index (χ4n) is 3.16. The molecule has 0 amide bonds. The summed E-state index contributed by atoms with van der Waals surface area (Å²) in [7, 11) is 0. The van der Waals surface area contributed by atoms with E-state index >= 15 is 0 Å². The molecule has 0 radical (unpaired) electrons. The molecule has 0 spiro atoms. The van der Waals surface area contributed by atoms with Crippen LogP contribution in [0.5, 0.6) is 0 Å². The molecule has 0 saturated carbocycles. The largest absolute Gasteiger partial charge is 0.390 e. The molecular weight excluding hydrogens is 388 g/mol. The predicted molar refractivity (Wildman–Crippen MR) is 117 cm³/mol. The van der Waals surface area contributed by atoms with Crippen LogP contribution in [0.3, 0.4) is 0 Å². The Kier molecular flexibility index (Phi) is 13.2. The molecule has 1 rings (SSSR count). The lowest BCUT2D eigenvalue weighted by molar-refractivity contribution is 0.0706. The Bertz CT molecular complexity index is 492. The molecule has 0 aliphatic carbocycles. The third-order valence-corrected chi connectivity index (χ3v) is 4.80. The molecule has 4 unspecified atom stereocenters. The fraction of sp³-hybridized carbons (Fsp3) is 0.700. The minimum Gasteiger partial charge on any atom is -0.390 e. The first kappa shape index (κ1) is 26.9. The second-order valence-corrected chi connectivity index (χ2v) is 7.76. The van der Waals surface area contributed by atoms with Gasteiger partial charge in [-0.3, -0.25) is 9.80 Å². The van der Waals surface area contributed by atoms with Gasteiger partial charge >= 0.3 is 0 Å². The van der Waals surface area contributed by atoms with Crippen LogP contribution in [0.4, 0.5) is 0 Å². The number of nitrogens with two attached hydrogens (primary N) is 4. The predicted octanol–water partition coefficient (Wildman–Crippen LogP) is -3.43. The van der Waals surface area contributed by atoms with Gasteiger partial charge in [-0.1, -0.05) is 24.3 Å². The maximum atomic E-state index is 9.88. The van der Waals surface area contributed by atoms with Crippen molar-refractivity contribution in [2.75, 3.05) is 52.4 Å². The molecule has 174 valence electrons. The summed E-state index contributed by atoms with van der Waals surface area (Å²) in [6.45, 7) is 3.04. The van der Waals surface area contributed by atoms with Crippen molar-refractivity contribution in [1.82, 2.24) is 9.80 Å². The molecule has 1 aromatic carbocycles. The highest BCUT2D eigenvalue weighted by Crippen LogP contribution is 2.12. The third kappa shape index (κ3) is 10.7. The number of hydrogen-bond acceptors (Lipinski definition) is 10. The van der Waals surface area contributed by atoms with Crippen LogP contribution >= 0.6 is 0 Å². The smallest absolute Gasteiger partial charge is 0.0789 e. The zero-order valence-electron chi connectivity index (χ0n) is 17.7. The van der Waals surface area contributed by atoms with Crippen LogP contribution in [0.2, 0.25) is 0 Å². The van der Waals surface area contributed by atoms with E-state index in [-0.39, 0.29) is 26.2 Å². The summed E-state index contributed by atoms with van der Waals surface area (Å²) in [5.74, 6) is 0. The van der Waals surface area contributed by atoms with Gasteiger partial charge in [-0.05, 0) is 11.1 Å². The maximum absolute atomic E-state index is 9.88. The lowest BCUT2D eigenvalue weighted by Crippen LogP contribution is -2.42. The summed E-state index contributed by atoms with van der Waals surface area (Å²) in [6.07, 6.45) is -2.70. The van der Waals surface area contributed by atoms with E-state index in [1.807, 2.05) is 34.1 Å². The first-order valence-corrected chi connectivity index (χ1v) is 10.4. The molecule has 0 aromatic heterocycles. The number of nitrogens with zero attached hydrogens (tertiary/aromatic N) is 2. The van der Waals surface area contributed by atoms with Crippen molar-refractivity contribution in [3.63, 3.8) is 0 Å². The second-order valence-electron chi connectivity index (χ2n) is 7.76. The van der Waals surface area contributed by atoms with Gasteiger partial charge in [0, 0.05) is 65.4 Å². The highest BCUT2D eigenvalue weighted by atomic mass is 16.3. The normalized spacial score (nSPS) is 16.1. The Morgan fingerprint density at radius 1 is 0.533 bits per heavy atom. The lowest BCUT2D eigenvalue weighted by atomic mass is 10.1. The van der Waals surface area contributed by atoms with Crippen molar-refractivity contribution in [3.8, 4) is 0 Å².